The quantitative estimate of drug-likeness (QED) is 0.559. The first-order chi connectivity index (χ1) is 13.8. The second-order valence-electron chi connectivity index (χ2n) is 7.84. The van der Waals surface area contributed by atoms with Crippen LogP contribution in [0, 0.1) is 18.8 Å². The Kier molecular flexibility index (Phi) is 4.66. The zero-order chi connectivity index (χ0) is 20.9. The number of para-hydroxylation sites is 1. The maximum atomic E-state index is 13.3. The van der Waals surface area contributed by atoms with Crippen molar-refractivity contribution in [3.8, 4) is 0 Å². The van der Waals surface area contributed by atoms with E-state index in [0.717, 1.165) is 5.56 Å². The Morgan fingerprint density at radius 2 is 2.03 bits per heavy atom. The Labute approximate surface area is 167 Å². The minimum atomic E-state index is -1.34. The lowest BCUT2D eigenvalue weighted by Crippen LogP contribution is -2.53. The van der Waals surface area contributed by atoms with Crippen LogP contribution in [0.5, 0.6) is 0 Å². The second-order valence-corrected chi connectivity index (χ2v) is 7.84. The number of hydrogen-bond donors (Lipinski definition) is 3. The highest BCUT2D eigenvalue weighted by Gasteiger charge is 2.70. The molecule has 3 aliphatic heterocycles. The average molecular weight is 400 g/mol. The average Bonchev–Trinajstić information content (AvgIpc) is 3.25. The predicted octanol–water partition coefficient (Wildman–Crippen LogP) is -0.373. The molecule has 0 aromatic heterocycles. The van der Waals surface area contributed by atoms with E-state index in [4.69, 9.17) is 10.5 Å². The van der Waals surface area contributed by atoms with Gasteiger partial charge in [-0.3, -0.25) is 29.4 Å². The van der Waals surface area contributed by atoms with Crippen LogP contribution in [0.15, 0.2) is 18.2 Å². The molecule has 4 N–H and O–H groups in total. The van der Waals surface area contributed by atoms with E-state index in [-0.39, 0.29) is 37.8 Å². The van der Waals surface area contributed by atoms with Crippen molar-refractivity contribution >= 4 is 29.3 Å². The number of nitrogens with zero attached hydrogens (tertiary/aromatic N) is 1. The largest absolute Gasteiger partial charge is 0.383 e. The molecule has 3 aliphatic rings. The summed E-state index contributed by atoms with van der Waals surface area (Å²) < 4.78 is 5.04. The molecular weight excluding hydrogens is 376 g/mol. The number of carbonyl (C=O) groups is 4. The van der Waals surface area contributed by atoms with E-state index in [1.165, 1.54) is 12.0 Å². The number of fused-ring (bicyclic) bond motifs is 4. The number of rotatable bonds is 6. The lowest BCUT2D eigenvalue weighted by Gasteiger charge is -2.29. The maximum Gasteiger partial charge on any atom is 0.250 e. The van der Waals surface area contributed by atoms with Crippen molar-refractivity contribution in [3.63, 3.8) is 0 Å². The van der Waals surface area contributed by atoms with Crippen LogP contribution in [0.4, 0.5) is 5.69 Å². The van der Waals surface area contributed by atoms with Crippen molar-refractivity contribution in [1.29, 1.82) is 0 Å². The standard InChI is InChI=1S/C20H24N4O5/c1-10-4-3-5-11-16(10)22-19(28)20(11)15-14(12(23-20)6-7-13(21)25)17(26)24(18(15)27)8-9-29-2/h3-5,12,14-15,23H,6-9H2,1-2H3,(H2,21,25)(H,22,28)/t12-,14+,15+,20-/m0/s1. The zero-order valence-electron chi connectivity index (χ0n) is 16.4. The number of anilines is 1. The summed E-state index contributed by atoms with van der Waals surface area (Å²) in [6.45, 7) is 2.22. The highest BCUT2D eigenvalue weighted by molar-refractivity contribution is 6.15. The molecule has 154 valence electrons. The molecule has 1 aromatic carbocycles. The third kappa shape index (κ3) is 2.68. The number of benzene rings is 1. The van der Waals surface area contributed by atoms with Crippen LogP contribution in [0.3, 0.4) is 0 Å². The summed E-state index contributed by atoms with van der Waals surface area (Å²) in [6.07, 6.45) is 0.322. The summed E-state index contributed by atoms with van der Waals surface area (Å²) >= 11 is 0. The number of nitrogens with two attached hydrogens (primary N) is 1. The lowest BCUT2D eigenvalue weighted by molar-refractivity contribution is -0.143. The Balaban J connectivity index is 1.81. The number of methoxy groups -OCH3 is 1. The number of likely N-dealkylation sites (tertiary alicyclic amines) is 1. The molecule has 1 aromatic rings. The van der Waals surface area contributed by atoms with Crippen molar-refractivity contribution in [2.45, 2.75) is 31.3 Å². The van der Waals surface area contributed by atoms with E-state index in [2.05, 4.69) is 10.6 Å². The van der Waals surface area contributed by atoms with E-state index in [9.17, 15) is 19.2 Å². The Hall–Kier alpha value is -2.78. The molecule has 2 saturated heterocycles. The van der Waals surface area contributed by atoms with Gasteiger partial charge >= 0.3 is 0 Å². The highest BCUT2D eigenvalue weighted by Crippen LogP contribution is 2.53. The van der Waals surface area contributed by atoms with Gasteiger partial charge in [-0.15, -0.1) is 0 Å². The number of imide groups is 1. The third-order valence-electron chi connectivity index (χ3n) is 6.27. The highest BCUT2D eigenvalue weighted by atomic mass is 16.5. The van der Waals surface area contributed by atoms with Gasteiger partial charge in [-0.25, -0.2) is 0 Å². The van der Waals surface area contributed by atoms with Gasteiger partial charge in [-0.2, -0.15) is 0 Å². The van der Waals surface area contributed by atoms with Gasteiger partial charge in [0.15, 0.2) is 0 Å². The van der Waals surface area contributed by atoms with E-state index >= 15 is 0 Å². The van der Waals surface area contributed by atoms with Gasteiger partial charge in [0.05, 0.1) is 25.0 Å². The molecular formula is C20H24N4O5. The van der Waals surface area contributed by atoms with Gasteiger partial charge < -0.3 is 15.8 Å². The molecule has 3 heterocycles. The fourth-order valence-electron chi connectivity index (χ4n) is 4.98. The minimum Gasteiger partial charge on any atom is -0.383 e. The maximum absolute atomic E-state index is 13.3. The fourth-order valence-corrected chi connectivity index (χ4v) is 4.98. The molecule has 0 radical (unpaired) electrons. The van der Waals surface area contributed by atoms with Gasteiger partial charge in [0.1, 0.15) is 5.54 Å². The monoisotopic (exact) mass is 400 g/mol. The molecule has 9 heteroatoms. The molecule has 4 amide bonds. The van der Waals surface area contributed by atoms with Crippen LogP contribution >= 0.6 is 0 Å². The first-order valence-corrected chi connectivity index (χ1v) is 9.64. The van der Waals surface area contributed by atoms with E-state index < -0.39 is 35.2 Å². The summed E-state index contributed by atoms with van der Waals surface area (Å²) in [5.74, 6) is -3.21. The lowest BCUT2D eigenvalue weighted by atomic mass is 9.76. The third-order valence-corrected chi connectivity index (χ3v) is 6.27. The molecule has 2 fully saturated rings. The van der Waals surface area contributed by atoms with Crippen LogP contribution in [0.2, 0.25) is 0 Å². The van der Waals surface area contributed by atoms with Crippen LogP contribution in [0.25, 0.3) is 0 Å². The minimum absolute atomic E-state index is 0.0544. The van der Waals surface area contributed by atoms with Crippen molar-refractivity contribution in [2.24, 2.45) is 17.6 Å². The topological polar surface area (TPSA) is 131 Å². The molecule has 0 bridgehead atoms. The van der Waals surface area contributed by atoms with Gasteiger partial charge in [0.25, 0.3) is 0 Å². The number of carbonyl (C=O) groups excluding carboxylic acids is 4. The number of hydrogen-bond acceptors (Lipinski definition) is 6. The van der Waals surface area contributed by atoms with Crippen LogP contribution in [-0.2, 0) is 29.5 Å². The first-order valence-electron chi connectivity index (χ1n) is 9.64. The van der Waals surface area contributed by atoms with Crippen LogP contribution in [-0.4, -0.2) is 54.8 Å². The predicted molar refractivity (Wildman–Crippen MR) is 102 cm³/mol. The molecule has 4 rings (SSSR count). The van der Waals surface area contributed by atoms with Gasteiger partial charge in [-0.05, 0) is 18.9 Å². The number of amides is 4. The summed E-state index contributed by atoms with van der Waals surface area (Å²) in [5.41, 5.74) is 6.16. The second kappa shape index (κ2) is 6.93. The SMILES string of the molecule is COCCN1C(=O)[C@@H]2[C@H](CCC(N)=O)N[C@]3(C(=O)Nc4c(C)cccc43)[C@H]2C1=O. The van der Waals surface area contributed by atoms with Crippen LogP contribution < -0.4 is 16.4 Å². The Morgan fingerprint density at radius 3 is 2.72 bits per heavy atom. The molecule has 1 spiro atoms. The normalized spacial score (nSPS) is 30.1. The summed E-state index contributed by atoms with van der Waals surface area (Å²) in [4.78, 5) is 52.2. The molecule has 0 saturated carbocycles. The molecule has 0 unspecified atom stereocenters. The fraction of sp³-hybridized carbons (Fsp3) is 0.500. The molecule has 0 aliphatic carbocycles. The first kappa shape index (κ1) is 19.5. The van der Waals surface area contributed by atoms with Crippen molar-refractivity contribution < 1.29 is 23.9 Å². The summed E-state index contributed by atoms with van der Waals surface area (Å²) in [7, 11) is 1.49. The van der Waals surface area contributed by atoms with Crippen LogP contribution in [0.1, 0.15) is 24.0 Å². The number of primary amides is 1. The van der Waals surface area contributed by atoms with Gasteiger partial charge in [0, 0.05) is 30.8 Å². The van der Waals surface area contributed by atoms with Gasteiger partial charge in [0.2, 0.25) is 23.6 Å². The van der Waals surface area contributed by atoms with Crippen molar-refractivity contribution in [2.75, 3.05) is 25.6 Å². The number of nitrogens with one attached hydrogen (secondary N) is 2. The number of aryl methyl sites for hydroxylation is 1. The number of ether oxygens (including phenoxy) is 1. The smallest absolute Gasteiger partial charge is 0.250 e. The van der Waals surface area contributed by atoms with Gasteiger partial charge in [-0.1, -0.05) is 18.2 Å². The molecule has 4 atom stereocenters. The van der Waals surface area contributed by atoms with E-state index in [1.807, 2.05) is 19.1 Å². The zero-order valence-corrected chi connectivity index (χ0v) is 16.4. The Bertz CT molecular complexity index is 916. The van der Waals surface area contributed by atoms with Crippen molar-refractivity contribution in [3.05, 3.63) is 29.3 Å². The Morgan fingerprint density at radius 1 is 1.28 bits per heavy atom. The van der Waals surface area contributed by atoms with E-state index in [0.29, 0.717) is 11.3 Å². The molecule has 29 heavy (non-hydrogen) atoms. The van der Waals surface area contributed by atoms with Crippen molar-refractivity contribution in [1.82, 2.24) is 10.2 Å². The molecule has 9 nitrogen and oxygen atoms in total. The van der Waals surface area contributed by atoms with E-state index in [1.54, 1.807) is 6.07 Å². The summed E-state index contributed by atoms with van der Waals surface area (Å²) in [6, 6.07) is 4.99. The summed E-state index contributed by atoms with van der Waals surface area (Å²) in [5, 5.41) is 6.17.